The van der Waals surface area contributed by atoms with Crippen LogP contribution < -0.4 is 5.32 Å². The van der Waals surface area contributed by atoms with Crippen molar-refractivity contribution in [1.29, 1.82) is 0 Å². The summed E-state index contributed by atoms with van der Waals surface area (Å²) in [5.74, 6) is -0.246. The molecule has 2 rings (SSSR count). The third-order valence-electron chi connectivity index (χ3n) is 4.84. The quantitative estimate of drug-likeness (QED) is 0.639. The van der Waals surface area contributed by atoms with Gasteiger partial charge in [-0.2, -0.15) is 0 Å². The third-order valence-corrected chi connectivity index (χ3v) is 9.31. The van der Waals surface area contributed by atoms with Gasteiger partial charge in [-0.15, -0.1) is 0 Å². The standard InChI is InChI=1S/C16H27NO4Si/c1-16(2,3)22(5,6)21-13-7-8-20-10-11-9-12(15(18)19-4)17-14(11)13/h7-8,10,12-14,17H,9H2,1-6H3/t12-,13+,14-/m0/s1. The molecule has 22 heavy (non-hydrogen) atoms. The Balaban J connectivity index is 2.18. The van der Waals surface area contributed by atoms with Crippen molar-refractivity contribution < 1.29 is 18.7 Å². The molecule has 0 aromatic rings. The van der Waals surface area contributed by atoms with E-state index in [0.29, 0.717) is 6.42 Å². The SMILES string of the molecule is COC(=O)[C@@H]1CC2=COC=C[C@@H](O[Si](C)(C)C(C)(C)C)[C@H]2N1. The summed E-state index contributed by atoms with van der Waals surface area (Å²) in [6.07, 6.45) is 5.77. The lowest BCUT2D eigenvalue weighted by Crippen LogP contribution is -2.50. The third kappa shape index (κ3) is 3.44. The first-order chi connectivity index (χ1) is 10.2. The molecule has 0 bridgehead atoms. The van der Waals surface area contributed by atoms with Crippen LogP contribution >= 0.6 is 0 Å². The van der Waals surface area contributed by atoms with Crippen LogP contribution in [0.1, 0.15) is 27.2 Å². The summed E-state index contributed by atoms with van der Waals surface area (Å²) in [5, 5.41) is 3.45. The van der Waals surface area contributed by atoms with Crippen molar-refractivity contribution in [3.8, 4) is 0 Å². The van der Waals surface area contributed by atoms with Gasteiger partial charge in [0.25, 0.3) is 0 Å². The Bertz CT molecular complexity index is 493. The molecule has 3 atom stereocenters. The van der Waals surface area contributed by atoms with Crippen LogP contribution in [0.4, 0.5) is 0 Å². The van der Waals surface area contributed by atoms with Gasteiger partial charge < -0.3 is 13.9 Å². The monoisotopic (exact) mass is 325 g/mol. The fraction of sp³-hybridized carbons (Fsp3) is 0.688. The van der Waals surface area contributed by atoms with Crippen LogP contribution in [0.15, 0.2) is 24.2 Å². The van der Waals surface area contributed by atoms with Crippen LogP contribution in [-0.2, 0) is 18.7 Å². The molecule has 0 aliphatic carbocycles. The zero-order chi connectivity index (χ0) is 16.5. The van der Waals surface area contributed by atoms with Gasteiger partial charge in [-0.05, 0) is 36.2 Å². The number of methoxy groups -OCH3 is 1. The van der Waals surface area contributed by atoms with Gasteiger partial charge in [0.1, 0.15) is 6.04 Å². The van der Waals surface area contributed by atoms with Gasteiger partial charge in [-0.3, -0.25) is 10.1 Å². The second kappa shape index (κ2) is 6.18. The molecule has 6 heteroatoms. The smallest absolute Gasteiger partial charge is 0.323 e. The topological polar surface area (TPSA) is 56.8 Å². The van der Waals surface area contributed by atoms with E-state index in [0.717, 1.165) is 5.57 Å². The lowest BCUT2D eigenvalue weighted by molar-refractivity contribution is -0.142. The van der Waals surface area contributed by atoms with Crippen molar-refractivity contribution in [2.45, 2.75) is 63.5 Å². The first kappa shape index (κ1) is 17.2. The van der Waals surface area contributed by atoms with E-state index in [4.69, 9.17) is 13.9 Å². The fourth-order valence-corrected chi connectivity index (χ4v) is 3.70. The van der Waals surface area contributed by atoms with Crippen LogP contribution in [0.5, 0.6) is 0 Å². The molecule has 0 amide bonds. The summed E-state index contributed by atoms with van der Waals surface area (Å²) in [4.78, 5) is 11.8. The highest BCUT2D eigenvalue weighted by Crippen LogP contribution is 2.39. The molecule has 0 aromatic heterocycles. The second-order valence-electron chi connectivity index (χ2n) is 7.42. The summed E-state index contributed by atoms with van der Waals surface area (Å²) in [5.41, 5.74) is 1.05. The van der Waals surface area contributed by atoms with Gasteiger partial charge in [-0.25, -0.2) is 0 Å². The van der Waals surface area contributed by atoms with E-state index in [1.165, 1.54) is 7.11 Å². The molecule has 2 aliphatic rings. The minimum absolute atomic E-state index is 0.0445. The predicted octanol–water partition coefficient (Wildman–Crippen LogP) is 2.71. The van der Waals surface area contributed by atoms with Crippen LogP contribution in [0.2, 0.25) is 18.1 Å². The first-order valence-electron chi connectivity index (χ1n) is 7.68. The molecule has 0 spiro atoms. The fourth-order valence-electron chi connectivity index (χ4n) is 2.45. The average molecular weight is 325 g/mol. The van der Waals surface area contributed by atoms with E-state index >= 15 is 0 Å². The van der Waals surface area contributed by atoms with Crippen LogP contribution in [0, 0.1) is 0 Å². The molecule has 1 N–H and O–H groups in total. The Kier molecular flexibility index (Phi) is 4.84. The molecule has 0 saturated carbocycles. The zero-order valence-corrected chi connectivity index (χ0v) is 15.3. The second-order valence-corrected chi connectivity index (χ2v) is 12.2. The maximum absolute atomic E-state index is 11.8. The van der Waals surface area contributed by atoms with Gasteiger partial charge in [0, 0.05) is 0 Å². The van der Waals surface area contributed by atoms with Gasteiger partial charge in [-0.1, -0.05) is 20.8 Å². The van der Waals surface area contributed by atoms with Gasteiger partial charge >= 0.3 is 5.97 Å². The Hall–Kier alpha value is -1.11. The number of rotatable bonds is 3. The van der Waals surface area contributed by atoms with E-state index in [-0.39, 0.29) is 29.2 Å². The molecule has 0 radical (unpaired) electrons. The molecule has 0 unspecified atom stereocenters. The van der Waals surface area contributed by atoms with Crippen molar-refractivity contribution in [3.63, 3.8) is 0 Å². The highest BCUT2D eigenvalue weighted by Gasteiger charge is 2.44. The minimum Gasteiger partial charge on any atom is -0.473 e. The van der Waals surface area contributed by atoms with Gasteiger partial charge in [0.05, 0.1) is 31.8 Å². The predicted molar refractivity (Wildman–Crippen MR) is 87.7 cm³/mol. The van der Waals surface area contributed by atoms with E-state index in [1.54, 1.807) is 12.5 Å². The Morgan fingerprint density at radius 3 is 2.68 bits per heavy atom. The molecule has 1 fully saturated rings. The first-order valence-corrected chi connectivity index (χ1v) is 10.6. The maximum Gasteiger partial charge on any atom is 0.323 e. The number of hydrogen-bond donors (Lipinski definition) is 1. The summed E-state index contributed by atoms with van der Waals surface area (Å²) < 4.78 is 16.8. The summed E-state index contributed by atoms with van der Waals surface area (Å²) in [6.45, 7) is 11.1. The highest BCUT2D eigenvalue weighted by atomic mass is 28.4. The summed E-state index contributed by atoms with van der Waals surface area (Å²) in [6, 6.07) is -0.376. The molecular formula is C16H27NO4Si. The zero-order valence-electron chi connectivity index (χ0n) is 14.3. The number of carbonyl (C=O) groups is 1. The number of carbonyl (C=O) groups excluding carboxylic acids is 1. The van der Waals surface area contributed by atoms with Gasteiger partial charge in [0.15, 0.2) is 8.32 Å². The lowest BCUT2D eigenvalue weighted by atomic mass is 10.0. The molecule has 5 nitrogen and oxygen atoms in total. The molecule has 2 heterocycles. The van der Waals surface area contributed by atoms with E-state index < -0.39 is 8.32 Å². The van der Waals surface area contributed by atoms with E-state index in [1.807, 2.05) is 6.08 Å². The number of esters is 1. The van der Waals surface area contributed by atoms with Crippen LogP contribution in [-0.4, -0.2) is 39.6 Å². The Morgan fingerprint density at radius 2 is 2.09 bits per heavy atom. The normalized spacial score (nSPS) is 28.5. The largest absolute Gasteiger partial charge is 0.473 e. The van der Waals surface area contributed by atoms with Gasteiger partial charge in [0.2, 0.25) is 0 Å². The van der Waals surface area contributed by atoms with E-state index in [9.17, 15) is 4.79 Å². The van der Waals surface area contributed by atoms with Crippen molar-refractivity contribution >= 4 is 14.3 Å². The van der Waals surface area contributed by atoms with Crippen molar-refractivity contribution in [2.75, 3.05) is 7.11 Å². The number of fused-ring (bicyclic) bond motifs is 1. The molecule has 1 saturated heterocycles. The maximum atomic E-state index is 11.8. The highest BCUT2D eigenvalue weighted by molar-refractivity contribution is 6.74. The molecule has 2 aliphatic heterocycles. The van der Waals surface area contributed by atoms with Crippen molar-refractivity contribution in [3.05, 3.63) is 24.2 Å². The minimum atomic E-state index is -1.92. The number of nitrogens with one attached hydrogen (secondary N) is 1. The molecule has 124 valence electrons. The Labute approximate surface area is 133 Å². The van der Waals surface area contributed by atoms with E-state index in [2.05, 4.69) is 39.2 Å². The van der Waals surface area contributed by atoms with Crippen LogP contribution in [0.3, 0.4) is 0 Å². The van der Waals surface area contributed by atoms with Crippen molar-refractivity contribution in [2.24, 2.45) is 0 Å². The Morgan fingerprint density at radius 1 is 1.41 bits per heavy atom. The summed E-state index contributed by atoms with van der Waals surface area (Å²) >= 11 is 0. The molecular weight excluding hydrogens is 298 g/mol. The number of hydrogen-bond acceptors (Lipinski definition) is 5. The lowest BCUT2D eigenvalue weighted by Gasteiger charge is -2.40. The average Bonchev–Trinajstić information content (AvgIpc) is 2.76. The number of ether oxygens (including phenoxy) is 2. The summed E-state index contributed by atoms with van der Waals surface area (Å²) in [7, 11) is -0.513. The van der Waals surface area contributed by atoms with Crippen molar-refractivity contribution in [1.82, 2.24) is 5.32 Å². The molecule has 0 aromatic carbocycles. The van der Waals surface area contributed by atoms with Crippen LogP contribution in [0.25, 0.3) is 0 Å².